The van der Waals surface area contributed by atoms with Gasteiger partial charge >= 0.3 is 0 Å². The van der Waals surface area contributed by atoms with Gasteiger partial charge in [0.05, 0.1) is 23.7 Å². The minimum Gasteiger partial charge on any atom is -0.495 e. The van der Waals surface area contributed by atoms with Gasteiger partial charge in [-0.25, -0.2) is 9.37 Å². The van der Waals surface area contributed by atoms with Crippen LogP contribution >= 0.6 is 22.6 Å². The highest BCUT2D eigenvalue weighted by atomic mass is 127. The van der Waals surface area contributed by atoms with E-state index in [0.717, 1.165) is 9.13 Å². The summed E-state index contributed by atoms with van der Waals surface area (Å²) >= 11 is 2.18. The van der Waals surface area contributed by atoms with Gasteiger partial charge in [0.1, 0.15) is 17.4 Å². The molecule has 1 aromatic heterocycles. The number of para-hydroxylation sites is 2. The standard InChI is InChI=1S/C23H16FIN2O2/c1-29-21-5-3-2-4-20(21)27-22(13-8-15-6-9-16(24)10-7-15)26-19-12-11-17(25)14-18(19)23(27)28/h2-14H,1H3. The molecule has 6 heteroatoms. The molecule has 3 aromatic carbocycles. The fourth-order valence-electron chi connectivity index (χ4n) is 3.08. The van der Waals surface area contributed by atoms with E-state index in [-0.39, 0.29) is 11.4 Å². The molecule has 144 valence electrons. The molecule has 0 fully saturated rings. The van der Waals surface area contributed by atoms with Crippen molar-refractivity contribution < 1.29 is 9.13 Å². The zero-order valence-corrected chi connectivity index (χ0v) is 17.6. The van der Waals surface area contributed by atoms with Crippen LogP contribution in [0.3, 0.4) is 0 Å². The van der Waals surface area contributed by atoms with Gasteiger partial charge in [-0.1, -0.05) is 30.3 Å². The number of aromatic nitrogens is 2. The van der Waals surface area contributed by atoms with Crippen molar-refractivity contribution in [2.24, 2.45) is 0 Å². The maximum Gasteiger partial charge on any atom is 0.266 e. The van der Waals surface area contributed by atoms with E-state index in [2.05, 4.69) is 22.6 Å². The SMILES string of the molecule is COc1ccccc1-n1c(C=Cc2ccc(F)cc2)nc2ccc(I)cc2c1=O. The van der Waals surface area contributed by atoms with Crippen LogP contribution in [0.5, 0.6) is 5.75 Å². The molecule has 4 nitrogen and oxygen atoms in total. The van der Waals surface area contributed by atoms with Gasteiger partial charge in [0, 0.05) is 3.57 Å². The summed E-state index contributed by atoms with van der Waals surface area (Å²) < 4.78 is 21.1. The predicted octanol–water partition coefficient (Wildman–Crippen LogP) is 5.31. The monoisotopic (exact) mass is 498 g/mol. The first-order valence-corrected chi connectivity index (χ1v) is 9.94. The average molecular weight is 498 g/mol. The summed E-state index contributed by atoms with van der Waals surface area (Å²) in [5, 5.41) is 0.529. The number of benzene rings is 3. The van der Waals surface area contributed by atoms with Crippen molar-refractivity contribution in [3.63, 3.8) is 0 Å². The van der Waals surface area contributed by atoms with Crippen molar-refractivity contribution in [1.82, 2.24) is 9.55 Å². The van der Waals surface area contributed by atoms with Crippen molar-refractivity contribution in [3.8, 4) is 11.4 Å². The zero-order chi connectivity index (χ0) is 20.4. The van der Waals surface area contributed by atoms with Crippen LogP contribution < -0.4 is 10.3 Å². The Labute approximate surface area is 180 Å². The van der Waals surface area contributed by atoms with Gasteiger partial charge in [0.25, 0.3) is 5.56 Å². The van der Waals surface area contributed by atoms with Crippen LogP contribution in [-0.4, -0.2) is 16.7 Å². The van der Waals surface area contributed by atoms with E-state index in [1.807, 2.05) is 36.4 Å². The molecule has 4 aromatic rings. The molecule has 0 aliphatic carbocycles. The van der Waals surface area contributed by atoms with E-state index in [0.29, 0.717) is 28.2 Å². The largest absolute Gasteiger partial charge is 0.495 e. The van der Waals surface area contributed by atoms with Crippen LogP contribution in [0.4, 0.5) is 4.39 Å². The van der Waals surface area contributed by atoms with Crippen molar-refractivity contribution in [2.75, 3.05) is 7.11 Å². The molecule has 0 bridgehead atoms. The molecular weight excluding hydrogens is 482 g/mol. The summed E-state index contributed by atoms with van der Waals surface area (Å²) in [4.78, 5) is 18.1. The van der Waals surface area contributed by atoms with Crippen LogP contribution in [0.1, 0.15) is 11.4 Å². The Morgan fingerprint density at radius 2 is 1.79 bits per heavy atom. The molecular formula is C23H16FIN2O2. The first-order chi connectivity index (χ1) is 14.1. The van der Waals surface area contributed by atoms with E-state index < -0.39 is 0 Å². The number of halogens is 2. The highest BCUT2D eigenvalue weighted by Crippen LogP contribution is 2.24. The van der Waals surface area contributed by atoms with Crippen molar-refractivity contribution in [2.45, 2.75) is 0 Å². The highest BCUT2D eigenvalue weighted by Gasteiger charge is 2.14. The van der Waals surface area contributed by atoms with Crippen LogP contribution in [0, 0.1) is 9.39 Å². The van der Waals surface area contributed by atoms with Gasteiger partial charge in [-0.2, -0.15) is 0 Å². The second-order valence-electron chi connectivity index (χ2n) is 6.33. The topological polar surface area (TPSA) is 44.1 Å². The summed E-state index contributed by atoms with van der Waals surface area (Å²) in [5.41, 5.74) is 1.83. The first kappa shape index (κ1) is 19.3. The lowest BCUT2D eigenvalue weighted by atomic mass is 10.2. The summed E-state index contributed by atoms with van der Waals surface area (Å²) in [6, 6.07) is 19.0. The van der Waals surface area contributed by atoms with Crippen LogP contribution in [0.2, 0.25) is 0 Å². The van der Waals surface area contributed by atoms with Crippen molar-refractivity contribution in [3.05, 3.63) is 97.9 Å². The predicted molar refractivity (Wildman–Crippen MR) is 122 cm³/mol. The van der Waals surface area contributed by atoms with E-state index in [1.165, 1.54) is 16.7 Å². The lowest BCUT2D eigenvalue weighted by molar-refractivity contribution is 0.412. The van der Waals surface area contributed by atoms with Gasteiger partial charge in [0.15, 0.2) is 0 Å². The number of fused-ring (bicyclic) bond motifs is 1. The zero-order valence-electron chi connectivity index (χ0n) is 15.5. The summed E-state index contributed by atoms with van der Waals surface area (Å²) in [5.74, 6) is 0.724. The van der Waals surface area contributed by atoms with Gasteiger partial charge in [-0.3, -0.25) is 9.36 Å². The van der Waals surface area contributed by atoms with Crippen LogP contribution in [0.15, 0.2) is 71.5 Å². The number of nitrogens with zero attached hydrogens (tertiary/aromatic N) is 2. The number of hydrogen-bond donors (Lipinski definition) is 0. The molecule has 1 heterocycles. The summed E-state index contributed by atoms with van der Waals surface area (Å²) in [7, 11) is 1.56. The number of ether oxygens (including phenoxy) is 1. The summed E-state index contributed by atoms with van der Waals surface area (Å²) in [6.45, 7) is 0. The third-order valence-corrected chi connectivity index (χ3v) is 5.15. The molecule has 0 amide bonds. The van der Waals surface area contributed by atoms with E-state index in [9.17, 15) is 9.18 Å². The molecule has 0 N–H and O–H groups in total. The number of methoxy groups -OCH3 is 1. The lowest BCUT2D eigenvalue weighted by Crippen LogP contribution is -2.23. The smallest absolute Gasteiger partial charge is 0.266 e. The third-order valence-electron chi connectivity index (χ3n) is 4.48. The van der Waals surface area contributed by atoms with Crippen LogP contribution in [0.25, 0.3) is 28.7 Å². The maximum atomic E-state index is 13.4. The maximum absolute atomic E-state index is 13.4. The Hall–Kier alpha value is -3.00. The van der Waals surface area contributed by atoms with Gasteiger partial charge < -0.3 is 4.74 Å². The fraction of sp³-hybridized carbons (Fsp3) is 0.0435. The highest BCUT2D eigenvalue weighted by molar-refractivity contribution is 14.1. The minimum absolute atomic E-state index is 0.184. The lowest BCUT2D eigenvalue weighted by Gasteiger charge is -2.14. The number of hydrogen-bond acceptors (Lipinski definition) is 3. The molecule has 0 spiro atoms. The molecule has 0 saturated carbocycles. The second kappa shape index (κ2) is 8.16. The van der Waals surface area contributed by atoms with Crippen molar-refractivity contribution in [1.29, 1.82) is 0 Å². The summed E-state index contributed by atoms with van der Waals surface area (Å²) in [6.07, 6.45) is 3.55. The van der Waals surface area contributed by atoms with Gasteiger partial charge in [-0.05, 0) is 76.7 Å². The Morgan fingerprint density at radius 3 is 2.55 bits per heavy atom. The Balaban J connectivity index is 1.98. The molecule has 0 aliphatic heterocycles. The third kappa shape index (κ3) is 3.93. The molecule has 0 aliphatic rings. The Morgan fingerprint density at radius 1 is 1.03 bits per heavy atom. The molecule has 4 rings (SSSR count). The Kier molecular flexibility index (Phi) is 5.44. The van der Waals surface area contributed by atoms with Crippen LogP contribution in [-0.2, 0) is 0 Å². The first-order valence-electron chi connectivity index (χ1n) is 8.86. The minimum atomic E-state index is -0.300. The van der Waals surface area contributed by atoms with E-state index in [1.54, 1.807) is 37.5 Å². The van der Waals surface area contributed by atoms with E-state index >= 15 is 0 Å². The number of rotatable bonds is 4. The second-order valence-corrected chi connectivity index (χ2v) is 7.57. The Bertz CT molecular complexity index is 1280. The van der Waals surface area contributed by atoms with Gasteiger partial charge in [-0.15, -0.1) is 0 Å². The average Bonchev–Trinajstić information content (AvgIpc) is 2.74. The normalized spacial score (nSPS) is 11.3. The molecule has 29 heavy (non-hydrogen) atoms. The molecule has 0 unspecified atom stereocenters. The molecule has 0 radical (unpaired) electrons. The molecule has 0 saturated heterocycles. The fourth-order valence-corrected chi connectivity index (χ4v) is 3.57. The molecule has 0 atom stereocenters. The quantitative estimate of drug-likeness (QED) is 0.359. The van der Waals surface area contributed by atoms with Crippen molar-refractivity contribution >= 4 is 45.6 Å². The van der Waals surface area contributed by atoms with E-state index in [4.69, 9.17) is 9.72 Å². The van der Waals surface area contributed by atoms with Gasteiger partial charge in [0.2, 0.25) is 0 Å².